The van der Waals surface area contributed by atoms with E-state index in [-0.39, 0.29) is 27.9 Å². The standard InChI is InChI=1S/C18H16N6O3S/c1-7(25)23-10-5-8(3-4-11(10)27-2)12-9(6-19)16(21)24-18-13(12)14(20)15(28-18)17(22)26/h3-5H,20H2,1-2H3,(H2,21,24)(H2,22,26)(H,23,25). The van der Waals surface area contributed by atoms with Crippen LogP contribution in [0, 0.1) is 11.3 Å². The highest BCUT2D eigenvalue weighted by Gasteiger charge is 2.24. The first-order valence-corrected chi connectivity index (χ1v) is 8.77. The molecule has 0 fully saturated rings. The average molecular weight is 396 g/mol. The molecule has 142 valence electrons. The molecular weight excluding hydrogens is 380 g/mol. The van der Waals surface area contributed by atoms with Gasteiger partial charge in [0.1, 0.15) is 32.9 Å². The number of hydrogen-bond acceptors (Lipinski definition) is 8. The van der Waals surface area contributed by atoms with Crippen LogP contribution in [0.3, 0.4) is 0 Å². The van der Waals surface area contributed by atoms with E-state index in [1.165, 1.54) is 14.0 Å². The first kappa shape index (κ1) is 18.9. The number of anilines is 3. The van der Waals surface area contributed by atoms with Crippen LogP contribution in [-0.2, 0) is 4.79 Å². The third-order valence-electron chi connectivity index (χ3n) is 4.04. The molecule has 10 heteroatoms. The van der Waals surface area contributed by atoms with Crippen molar-refractivity contribution in [1.82, 2.24) is 4.98 Å². The second-order valence-corrected chi connectivity index (χ2v) is 6.84. The molecule has 0 unspecified atom stereocenters. The first-order valence-electron chi connectivity index (χ1n) is 7.95. The molecule has 0 aliphatic rings. The number of amides is 2. The molecule has 0 radical (unpaired) electrons. The summed E-state index contributed by atoms with van der Waals surface area (Å²) < 4.78 is 5.26. The number of carbonyl (C=O) groups is 2. The molecule has 0 aliphatic heterocycles. The molecule has 2 aromatic heterocycles. The third-order valence-corrected chi connectivity index (χ3v) is 5.15. The Bertz CT molecular complexity index is 1180. The molecule has 3 aromatic rings. The summed E-state index contributed by atoms with van der Waals surface area (Å²) in [4.78, 5) is 27.9. The second-order valence-electron chi connectivity index (χ2n) is 5.84. The monoisotopic (exact) mass is 396 g/mol. The zero-order valence-corrected chi connectivity index (χ0v) is 15.8. The van der Waals surface area contributed by atoms with Crippen molar-refractivity contribution in [2.24, 2.45) is 5.73 Å². The summed E-state index contributed by atoms with van der Waals surface area (Å²) >= 11 is 1.00. The molecule has 0 saturated heterocycles. The number of aromatic nitrogens is 1. The van der Waals surface area contributed by atoms with Gasteiger partial charge in [-0.3, -0.25) is 9.59 Å². The van der Waals surface area contributed by atoms with Gasteiger partial charge in [0.05, 0.1) is 18.5 Å². The lowest BCUT2D eigenvalue weighted by atomic mass is 9.96. The van der Waals surface area contributed by atoms with Crippen LogP contribution < -0.4 is 27.3 Å². The number of nitrogens with two attached hydrogens (primary N) is 3. The number of nitrogens with zero attached hydrogens (tertiary/aromatic N) is 2. The highest BCUT2D eigenvalue weighted by Crippen LogP contribution is 2.43. The lowest BCUT2D eigenvalue weighted by molar-refractivity contribution is -0.114. The fourth-order valence-corrected chi connectivity index (χ4v) is 3.87. The molecule has 0 bridgehead atoms. The van der Waals surface area contributed by atoms with Gasteiger partial charge in [-0.15, -0.1) is 11.3 Å². The summed E-state index contributed by atoms with van der Waals surface area (Å²) in [6, 6.07) is 7.01. The van der Waals surface area contributed by atoms with Gasteiger partial charge in [-0.1, -0.05) is 6.07 Å². The predicted molar refractivity (Wildman–Crippen MR) is 108 cm³/mol. The van der Waals surface area contributed by atoms with Crippen LogP contribution in [0.5, 0.6) is 5.75 Å². The van der Waals surface area contributed by atoms with Gasteiger partial charge in [-0.25, -0.2) is 4.98 Å². The molecular formula is C18H16N6O3S. The van der Waals surface area contributed by atoms with Crippen molar-refractivity contribution in [1.29, 1.82) is 5.26 Å². The van der Waals surface area contributed by atoms with Gasteiger partial charge >= 0.3 is 0 Å². The number of rotatable bonds is 4. The highest BCUT2D eigenvalue weighted by atomic mass is 32.1. The van der Waals surface area contributed by atoms with Crippen LogP contribution in [0.15, 0.2) is 18.2 Å². The zero-order valence-electron chi connectivity index (χ0n) is 15.0. The minimum atomic E-state index is -0.697. The topological polar surface area (TPSA) is 170 Å². The molecule has 9 nitrogen and oxygen atoms in total. The molecule has 1 aromatic carbocycles. The summed E-state index contributed by atoms with van der Waals surface area (Å²) in [5.41, 5.74) is 19.1. The smallest absolute Gasteiger partial charge is 0.260 e. The van der Waals surface area contributed by atoms with Gasteiger partial charge < -0.3 is 27.3 Å². The fraction of sp³-hybridized carbons (Fsp3) is 0.111. The van der Waals surface area contributed by atoms with E-state index in [1.807, 2.05) is 6.07 Å². The number of hydrogen-bond donors (Lipinski definition) is 4. The van der Waals surface area contributed by atoms with Crippen molar-refractivity contribution >= 4 is 50.6 Å². The van der Waals surface area contributed by atoms with Crippen LogP contribution in [0.2, 0.25) is 0 Å². The number of fused-ring (bicyclic) bond motifs is 1. The maximum Gasteiger partial charge on any atom is 0.260 e. The Kier molecular flexibility index (Phi) is 4.77. The maximum absolute atomic E-state index is 11.7. The number of benzene rings is 1. The van der Waals surface area contributed by atoms with Gasteiger partial charge in [-0.2, -0.15) is 5.26 Å². The van der Waals surface area contributed by atoms with Gasteiger partial charge in [0.25, 0.3) is 5.91 Å². The van der Waals surface area contributed by atoms with Crippen molar-refractivity contribution in [3.05, 3.63) is 28.6 Å². The lowest BCUT2D eigenvalue weighted by Crippen LogP contribution is -2.10. The molecule has 2 amide bonds. The van der Waals surface area contributed by atoms with Gasteiger partial charge in [0, 0.05) is 17.9 Å². The van der Waals surface area contributed by atoms with Crippen LogP contribution in [0.25, 0.3) is 21.3 Å². The second kappa shape index (κ2) is 7.05. The van der Waals surface area contributed by atoms with E-state index < -0.39 is 5.91 Å². The van der Waals surface area contributed by atoms with Crippen LogP contribution in [0.4, 0.5) is 17.2 Å². The van der Waals surface area contributed by atoms with Crippen molar-refractivity contribution in [3.63, 3.8) is 0 Å². The van der Waals surface area contributed by atoms with Crippen molar-refractivity contribution in [2.45, 2.75) is 6.92 Å². The molecule has 0 saturated carbocycles. The van der Waals surface area contributed by atoms with E-state index in [0.29, 0.717) is 32.8 Å². The Morgan fingerprint density at radius 2 is 2.04 bits per heavy atom. The molecule has 0 spiro atoms. The van der Waals surface area contributed by atoms with Gasteiger partial charge in [0.2, 0.25) is 5.91 Å². The van der Waals surface area contributed by atoms with Crippen molar-refractivity contribution < 1.29 is 14.3 Å². The minimum absolute atomic E-state index is 0.000773. The quantitative estimate of drug-likeness (QED) is 0.523. The Labute approximate surface area is 163 Å². The minimum Gasteiger partial charge on any atom is -0.495 e. The summed E-state index contributed by atoms with van der Waals surface area (Å²) in [6.07, 6.45) is 0. The zero-order chi connectivity index (χ0) is 20.6. The number of pyridine rings is 1. The summed E-state index contributed by atoms with van der Waals surface area (Å²) in [7, 11) is 1.47. The number of thiophene rings is 1. The third kappa shape index (κ3) is 3.04. The van der Waals surface area contributed by atoms with Crippen molar-refractivity contribution in [2.75, 3.05) is 23.9 Å². The number of primary amides is 1. The van der Waals surface area contributed by atoms with E-state index in [2.05, 4.69) is 10.3 Å². The van der Waals surface area contributed by atoms with Crippen LogP contribution in [-0.4, -0.2) is 23.9 Å². The normalized spacial score (nSPS) is 10.5. The van der Waals surface area contributed by atoms with E-state index in [0.717, 1.165) is 11.3 Å². The predicted octanol–water partition coefficient (Wildman–Crippen LogP) is 2.07. The number of methoxy groups -OCH3 is 1. The van der Waals surface area contributed by atoms with Gasteiger partial charge in [-0.05, 0) is 17.7 Å². The average Bonchev–Trinajstić information content (AvgIpc) is 2.96. The summed E-state index contributed by atoms with van der Waals surface area (Å²) in [6.45, 7) is 1.37. The molecule has 7 N–H and O–H groups in total. The molecule has 3 rings (SSSR count). The Balaban J connectivity index is 2.41. The number of nitrogen functional groups attached to an aromatic ring is 2. The number of carbonyl (C=O) groups excluding carboxylic acids is 2. The maximum atomic E-state index is 11.7. The number of nitrogens with one attached hydrogen (secondary N) is 1. The number of ether oxygens (including phenoxy) is 1. The molecule has 0 aliphatic carbocycles. The largest absolute Gasteiger partial charge is 0.495 e. The SMILES string of the molecule is COc1ccc(-c2c(C#N)c(N)nc3sc(C(N)=O)c(N)c23)cc1NC(C)=O. The van der Waals surface area contributed by atoms with Crippen molar-refractivity contribution in [3.8, 4) is 22.9 Å². The van der Waals surface area contributed by atoms with E-state index >= 15 is 0 Å². The first-order chi connectivity index (χ1) is 13.3. The Hall–Kier alpha value is -3.84. The highest BCUT2D eigenvalue weighted by molar-refractivity contribution is 7.21. The molecule has 28 heavy (non-hydrogen) atoms. The van der Waals surface area contributed by atoms with E-state index in [9.17, 15) is 14.9 Å². The van der Waals surface area contributed by atoms with E-state index in [4.69, 9.17) is 21.9 Å². The molecule has 2 heterocycles. The summed E-state index contributed by atoms with van der Waals surface area (Å²) in [5.74, 6) is -0.551. The Morgan fingerprint density at radius 3 is 2.61 bits per heavy atom. The van der Waals surface area contributed by atoms with E-state index in [1.54, 1.807) is 18.2 Å². The summed E-state index contributed by atoms with van der Waals surface area (Å²) in [5, 5.41) is 12.7. The van der Waals surface area contributed by atoms with Crippen LogP contribution in [0.1, 0.15) is 22.2 Å². The molecule has 0 atom stereocenters. The Morgan fingerprint density at radius 1 is 1.32 bits per heavy atom. The fourth-order valence-electron chi connectivity index (χ4n) is 2.91. The lowest BCUT2D eigenvalue weighted by Gasteiger charge is -2.14. The van der Waals surface area contributed by atoms with Gasteiger partial charge in [0.15, 0.2) is 0 Å². The van der Waals surface area contributed by atoms with Crippen LogP contribution >= 0.6 is 11.3 Å². The number of nitriles is 1.